The van der Waals surface area contributed by atoms with Crippen LogP contribution in [0.4, 0.5) is 25.8 Å². The molecule has 1 aromatic heterocycles. The van der Waals surface area contributed by atoms with Gasteiger partial charge in [-0.1, -0.05) is 0 Å². The van der Waals surface area contributed by atoms with E-state index in [1.54, 1.807) is 18.3 Å². The van der Waals surface area contributed by atoms with Gasteiger partial charge in [-0.2, -0.15) is 0 Å². The average Bonchev–Trinajstić information content (AvgIpc) is 3.40. The van der Waals surface area contributed by atoms with Crippen molar-refractivity contribution in [1.29, 1.82) is 0 Å². The molecular weight excluding hydrogens is 542 g/mol. The first-order valence-electron chi connectivity index (χ1n) is 13.9. The molecule has 0 radical (unpaired) electrons. The van der Waals surface area contributed by atoms with Gasteiger partial charge in [-0.3, -0.25) is 14.3 Å². The van der Waals surface area contributed by atoms with Crippen LogP contribution in [0.1, 0.15) is 61.3 Å². The summed E-state index contributed by atoms with van der Waals surface area (Å²) in [7, 11) is -3.76. The first-order chi connectivity index (χ1) is 19.0. The normalized spacial score (nSPS) is 26.2. The van der Waals surface area contributed by atoms with Crippen LogP contribution in [-0.2, 0) is 10.0 Å². The van der Waals surface area contributed by atoms with Gasteiger partial charge in [-0.15, -0.1) is 0 Å². The molecule has 216 valence electrons. The van der Waals surface area contributed by atoms with Gasteiger partial charge in [0.1, 0.15) is 5.69 Å². The number of aliphatic hydroxyl groups excluding tert-OH is 1. The lowest BCUT2D eigenvalue weighted by atomic mass is 9.92. The highest BCUT2D eigenvalue weighted by molar-refractivity contribution is 7.92. The second-order valence-electron chi connectivity index (χ2n) is 11.9. The fraction of sp³-hybridized carbons (Fsp3) is 0.571. The van der Waals surface area contributed by atoms with E-state index in [1.165, 1.54) is 35.6 Å². The maximum absolute atomic E-state index is 14.1. The van der Waals surface area contributed by atoms with Gasteiger partial charge in [-0.05, 0) is 80.2 Å². The number of piperidine rings is 1. The number of pyridine rings is 1. The van der Waals surface area contributed by atoms with E-state index in [1.807, 2.05) is 0 Å². The van der Waals surface area contributed by atoms with Gasteiger partial charge >= 0.3 is 0 Å². The van der Waals surface area contributed by atoms with Crippen molar-refractivity contribution in [2.75, 3.05) is 40.4 Å². The van der Waals surface area contributed by atoms with E-state index in [9.17, 15) is 26.8 Å². The van der Waals surface area contributed by atoms with E-state index in [0.717, 1.165) is 25.9 Å². The van der Waals surface area contributed by atoms with E-state index in [-0.39, 0.29) is 36.2 Å². The van der Waals surface area contributed by atoms with Gasteiger partial charge in [-0.25, -0.2) is 17.2 Å². The number of halogens is 2. The van der Waals surface area contributed by atoms with Crippen LogP contribution >= 0.6 is 0 Å². The van der Waals surface area contributed by atoms with Gasteiger partial charge < -0.3 is 19.9 Å². The summed E-state index contributed by atoms with van der Waals surface area (Å²) in [5, 5.41) is 11.8. The Bertz CT molecular complexity index is 1480. The highest BCUT2D eigenvalue weighted by Gasteiger charge is 2.57. The van der Waals surface area contributed by atoms with Crippen LogP contribution in [0.2, 0.25) is 0 Å². The highest BCUT2D eigenvalue weighted by Crippen LogP contribution is 2.58. The van der Waals surface area contributed by atoms with Crippen molar-refractivity contribution < 1.29 is 27.1 Å². The first kappa shape index (κ1) is 27.2. The zero-order valence-electron chi connectivity index (χ0n) is 22.1. The number of sulfonamides is 1. The minimum Gasteiger partial charge on any atom is -0.395 e. The molecule has 2 bridgehead atoms. The molecular formula is C28H34F2N4O5S. The first-order valence-corrected chi connectivity index (χ1v) is 15.6. The molecule has 4 aliphatic rings. The molecule has 1 aliphatic heterocycles. The molecule has 3 atom stereocenters. The van der Waals surface area contributed by atoms with Crippen molar-refractivity contribution >= 4 is 33.0 Å². The van der Waals surface area contributed by atoms with Crippen molar-refractivity contribution in [3.8, 4) is 0 Å². The third kappa shape index (κ3) is 5.11. The quantitative estimate of drug-likeness (QED) is 0.440. The fourth-order valence-corrected chi connectivity index (χ4v) is 7.71. The SMILES string of the molecule is O=C(Nc1cccn([C@@H]2C[C@H]3C[C@@H]2CC3(F)F)c1=O)c1ccc(NS(=O)(=O)CCO)cc1N1CCC2(CC1)CC2. The predicted octanol–water partition coefficient (Wildman–Crippen LogP) is 3.82. The molecule has 40 heavy (non-hydrogen) atoms. The van der Waals surface area contributed by atoms with Crippen LogP contribution in [0.3, 0.4) is 0 Å². The minimum atomic E-state index is -3.76. The van der Waals surface area contributed by atoms with Crippen molar-refractivity contribution in [2.45, 2.75) is 56.9 Å². The van der Waals surface area contributed by atoms with Gasteiger partial charge in [0, 0.05) is 37.7 Å². The number of fused-ring (bicyclic) bond motifs is 2. The number of anilines is 3. The number of amides is 1. The number of alkyl halides is 2. The fourth-order valence-electron chi connectivity index (χ4n) is 6.88. The van der Waals surface area contributed by atoms with Crippen LogP contribution in [0.15, 0.2) is 41.3 Å². The van der Waals surface area contributed by atoms with Crippen LogP contribution in [0.25, 0.3) is 0 Å². The molecule has 1 saturated heterocycles. The molecule has 6 rings (SSSR count). The van der Waals surface area contributed by atoms with Gasteiger partial charge in [0.15, 0.2) is 0 Å². The average molecular weight is 577 g/mol. The van der Waals surface area contributed by atoms with E-state index in [0.29, 0.717) is 23.1 Å². The predicted molar refractivity (Wildman–Crippen MR) is 148 cm³/mol. The molecule has 2 aromatic rings. The zero-order valence-corrected chi connectivity index (χ0v) is 22.9. The molecule has 1 spiro atoms. The summed E-state index contributed by atoms with van der Waals surface area (Å²) in [5.74, 6) is -4.63. The second kappa shape index (κ2) is 9.83. The summed E-state index contributed by atoms with van der Waals surface area (Å²) in [6.07, 6.45) is 6.40. The number of benzene rings is 1. The van der Waals surface area contributed by atoms with Crippen molar-refractivity contribution in [2.24, 2.45) is 17.3 Å². The number of carbonyl (C=O) groups is 1. The van der Waals surface area contributed by atoms with E-state index in [2.05, 4.69) is 14.9 Å². The standard InChI is InChI=1S/C28H34F2N4O5S/c29-28(30)17-18-14-19(28)15-23(18)34-9-1-2-22(26(34)37)31-25(36)21-4-3-20(32-40(38,39)13-12-35)16-24(21)33-10-7-27(5-6-27)8-11-33/h1-4,9,16,18-19,23,32,35H,5-8,10-15,17H2,(H,31,36)/t18-,19-,23-/m1/s1. The monoisotopic (exact) mass is 576 g/mol. The Morgan fingerprint density at radius 2 is 1.85 bits per heavy atom. The van der Waals surface area contributed by atoms with E-state index in [4.69, 9.17) is 5.11 Å². The lowest BCUT2D eigenvalue weighted by Gasteiger charge is -2.35. The number of nitrogens with zero attached hydrogens (tertiary/aromatic N) is 2. The third-order valence-electron chi connectivity index (χ3n) is 9.37. The van der Waals surface area contributed by atoms with Crippen molar-refractivity contribution in [3.63, 3.8) is 0 Å². The molecule has 4 fully saturated rings. The molecule has 3 saturated carbocycles. The largest absolute Gasteiger partial charge is 0.395 e. The van der Waals surface area contributed by atoms with Crippen molar-refractivity contribution in [1.82, 2.24) is 4.57 Å². The Hall–Kier alpha value is -2.99. The Morgan fingerprint density at radius 1 is 1.10 bits per heavy atom. The smallest absolute Gasteiger partial charge is 0.274 e. The number of carbonyl (C=O) groups excluding carboxylic acids is 1. The highest BCUT2D eigenvalue weighted by atomic mass is 32.2. The Balaban J connectivity index is 1.26. The molecule has 3 aliphatic carbocycles. The van der Waals surface area contributed by atoms with Crippen LogP contribution in [0.5, 0.6) is 0 Å². The molecule has 3 N–H and O–H groups in total. The van der Waals surface area contributed by atoms with E-state index < -0.39 is 45.7 Å². The maximum atomic E-state index is 14.1. The zero-order chi connectivity index (χ0) is 28.3. The van der Waals surface area contributed by atoms with Gasteiger partial charge in [0.2, 0.25) is 10.0 Å². The van der Waals surface area contributed by atoms with Gasteiger partial charge in [0.05, 0.1) is 29.3 Å². The number of hydrogen-bond donors (Lipinski definition) is 3. The summed E-state index contributed by atoms with van der Waals surface area (Å²) in [6.45, 7) is 0.927. The second-order valence-corrected chi connectivity index (χ2v) is 13.8. The van der Waals surface area contributed by atoms with Crippen LogP contribution in [-0.4, -0.2) is 55.4 Å². The van der Waals surface area contributed by atoms with E-state index >= 15 is 0 Å². The third-order valence-corrected chi connectivity index (χ3v) is 10.6. The lowest BCUT2D eigenvalue weighted by Crippen LogP contribution is -2.36. The van der Waals surface area contributed by atoms with Crippen molar-refractivity contribution in [3.05, 3.63) is 52.4 Å². The molecule has 9 nitrogen and oxygen atoms in total. The summed E-state index contributed by atoms with van der Waals surface area (Å²) >= 11 is 0. The number of hydrogen-bond acceptors (Lipinski definition) is 6. The number of aromatic nitrogens is 1. The van der Waals surface area contributed by atoms with Crippen LogP contribution in [0, 0.1) is 17.3 Å². The number of rotatable bonds is 8. The van der Waals surface area contributed by atoms with Gasteiger partial charge in [0.25, 0.3) is 17.4 Å². The molecule has 0 unspecified atom stereocenters. The Morgan fingerprint density at radius 3 is 2.48 bits per heavy atom. The Kier molecular flexibility index (Phi) is 6.68. The molecule has 1 aromatic carbocycles. The summed E-state index contributed by atoms with van der Waals surface area (Å²) in [4.78, 5) is 29.0. The maximum Gasteiger partial charge on any atom is 0.274 e. The summed E-state index contributed by atoms with van der Waals surface area (Å²) < 4.78 is 56.6. The number of aliphatic hydroxyl groups is 1. The minimum absolute atomic E-state index is 0.0660. The molecule has 1 amide bonds. The summed E-state index contributed by atoms with van der Waals surface area (Å²) in [5.41, 5.74) is 1.16. The topological polar surface area (TPSA) is 121 Å². The molecule has 2 heterocycles. The van der Waals surface area contributed by atoms with Crippen LogP contribution < -0.4 is 20.5 Å². The Labute approximate surface area is 231 Å². The summed E-state index contributed by atoms with van der Waals surface area (Å²) in [6, 6.07) is 7.46. The molecule has 12 heteroatoms. The lowest BCUT2D eigenvalue weighted by molar-refractivity contribution is -0.0597. The number of nitrogens with one attached hydrogen (secondary N) is 2.